The van der Waals surface area contributed by atoms with Gasteiger partial charge in [-0.15, -0.1) is 0 Å². The highest BCUT2D eigenvalue weighted by Gasteiger charge is 2.25. The minimum atomic E-state index is -0.305. The van der Waals surface area contributed by atoms with Gasteiger partial charge in [0.2, 0.25) is 11.8 Å². The third kappa shape index (κ3) is 5.04. The number of nitrogens with one attached hydrogen (secondary N) is 1. The smallest absolute Gasteiger partial charge is 0.223 e. The van der Waals surface area contributed by atoms with Crippen LogP contribution in [0.5, 0.6) is 0 Å². The molecule has 0 bridgehead atoms. The maximum absolute atomic E-state index is 11.8. The van der Waals surface area contributed by atoms with Crippen LogP contribution in [0.4, 0.5) is 0 Å². The Labute approximate surface area is 109 Å². The summed E-state index contributed by atoms with van der Waals surface area (Å²) in [6.45, 7) is 5.30. The van der Waals surface area contributed by atoms with Gasteiger partial charge in [-0.05, 0) is 32.6 Å². The van der Waals surface area contributed by atoms with Gasteiger partial charge in [0.25, 0.3) is 0 Å². The lowest BCUT2D eigenvalue weighted by Crippen LogP contribution is -2.42. The van der Waals surface area contributed by atoms with Gasteiger partial charge >= 0.3 is 0 Å². The van der Waals surface area contributed by atoms with E-state index in [0.29, 0.717) is 26.1 Å². The fourth-order valence-corrected chi connectivity index (χ4v) is 2.21. The Balaban J connectivity index is 2.18. The highest BCUT2D eigenvalue weighted by Crippen LogP contribution is 2.17. The predicted molar refractivity (Wildman–Crippen MR) is 68.9 cm³/mol. The van der Waals surface area contributed by atoms with Gasteiger partial charge in [-0.25, -0.2) is 0 Å². The molecule has 1 rings (SSSR count). The molecule has 0 saturated carbocycles. The molecule has 1 aliphatic rings. The minimum absolute atomic E-state index is 0.0344. The first kappa shape index (κ1) is 15.0. The van der Waals surface area contributed by atoms with E-state index in [0.717, 1.165) is 19.3 Å². The zero-order chi connectivity index (χ0) is 13.5. The fourth-order valence-electron chi connectivity index (χ4n) is 2.21. The molecule has 18 heavy (non-hydrogen) atoms. The number of carbonyl (C=O) groups excluding carboxylic acids is 2. The van der Waals surface area contributed by atoms with E-state index >= 15 is 0 Å². The fraction of sp³-hybridized carbons (Fsp3) is 0.846. The maximum atomic E-state index is 11.8. The molecule has 0 spiro atoms. The summed E-state index contributed by atoms with van der Waals surface area (Å²) in [4.78, 5) is 24.8. The van der Waals surface area contributed by atoms with Crippen molar-refractivity contribution >= 4 is 11.8 Å². The van der Waals surface area contributed by atoms with E-state index in [1.54, 1.807) is 18.7 Å². The lowest BCUT2D eigenvalue weighted by atomic mass is 9.96. The van der Waals surface area contributed by atoms with Crippen LogP contribution in [0.1, 0.15) is 39.5 Å². The number of amides is 2. The van der Waals surface area contributed by atoms with Gasteiger partial charge in [-0.3, -0.25) is 9.59 Å². The average molecular weight is 256 g/mol. The Morgan fingerprint density at radius 2 is 2.00 bits per heavy atom. The third-order valence-electron chi connectivity index (χ3n) is 3.41. The molecule has 0 radical (unpaired) electrons. The Hall–Kier alpha value is -1.10. The molecule has 0 aromatic heterocycles. The highest BCUT2D eigenvalue weighted by atomic mass is 16.3. The summed E-state index contributed by atoms with van der Waals surface area (Å²) in [5.41, 5.74) is 0. The van der Waals surface area contributed by atoms with E-state index in [2.05, 4.69) is 5.32 Å². The second-order valence-electron chi connectivity index (χ2n) is 5.06. The molecule has 1 saturated heterocycles. The largest absolute Gasteiger partial charge is 0.393 e. The van der Waals surface area contributed by atoms with Gasteiger partial charge in [0.1, 0.15) is 0 Å². The normalized spacial score (nSPS) is 18.5. The molecule has 1 fully saturated rings. The lowest BCUT2D eigenvalue weighted by molar-refractivity contribution is -0.133. The number of rotatable bonds is 5. The zero-order valence-electron chi connectivity index (χ0n) is 11.3. The van der Waals surface area contributed by atoms with Crippen molar-refractivity contribution < 1.29 is 14.7 Å². The van der Waals surface area contributed by atoms with Gasteiger partial charge < -0.3 is 15.3 Å². The van der Waals surface area contributed by atoms with Crippen molar-refractivity contribution in [1.29, 1.82) is 0 Å². The van der Waals surface area contributed by atoms with Crippen LogP contribution in [0.15, 0.2) is 0 Å². The van der Waals surface area contributed by atoms with Crippen molar-refractivity contribution in [2.75, 3.05) is 19.6 Å². The van der Waals surface area contributed by atoms with Gasteiger partial charge in [-0.1, -0.05) is 0 Å². The van der Waals surface area contributed by atoms with E-state index in [9.17, 15) is 9.59 Å². The quantitative estimate of drug-likeness (QED) is 0.705. The third-order valence-corrected chi connectivity index (χ3v) is 3.41. The lowest BCUT2D eigenvalue weighted by Gasteiger charge is -2.30. The SMILES string of the molecule is CC(=O)N1CCC(C(=O)NCCCC(C)O)CC1. The number of piperidine rings is 1. The van der Waals surface area contributed by atoms with Crippen molar-refractivity contribution in [2.45, 2.75) is 45.6 Å². The molecular weight excluding hydrogens is 232 g/mol. The minimum Gasteiger partial charge on any atom is -0.393 e. The molecule has 0 aromatic carbocycles. The summed E-state index contributed by atoms with van der Waals surface area (Å²) >= 11 is 0. The van der Waals surface area contributed by atoms with Crippen LogP contribution in [0.25, 0.3) is 0 Å². The van der Waals surface area contributed by atoms with Crippen LogP contribution in [0.2, 0.25) is 0 Å². The van der Waals surface area contributed by atoms with E-state index in [1.807, 2.05) is 0 Å². The monoisotopic (exact) mass is 256 g/mol. The molecule has 104 valence electrons. The molecule has 0 aliphatic carbocycles. The summed E-state index contributed by atoms with van der Waals surface area (Å²) in [7, 11) is 0. The highest BCUT2D eigenvalue weighted by molar-refractivity contribution is 5.79. The number of likely N-dealkylation sites (tertiary alicyclic amines) is 1. The van der Waals surface area contributed by atoms with Crippen LogP contribution in [-0.4, -0.2) is 47.6 Å². The molecular formula is C13H24N2O3. The Morgan fingerprint density at radius 1 is 1.39 bits per heavy atom. The van der Waals surface area contributed by atoms with E-state index in [-0.39, 0.29) is 23.8 Å². The number of hydrogen-bond acceptors (Lipinski definition) is 3. The Bertz CT molecular complexity index is 284. The van der Waals surface area contributed by atoms with Crippen LogP contribution in [-0.2, 0) is 9.59 Å². The maximum Gasteiger partial charge on any atom is 0.223 e. The molecule has 1 unspecified atom stereocenters. The molecule has 1 atom stereocenters. The predicted octanol–water partition coefficient (Wildman–Crippen LogP) is 0.522. The summed E-state index contributed by atoms with van der Waals surface area (Å²) < 4.78 is 0. The molecule has 0 aromatic rings. The zero-order valence-corrected chi connectivity index (χ0v) is 11.3. The van der Waals surface area contributed by atoms with Crippen LogP contribution in [0, 0.1) is 5.92 Å². The first-order valence-corrected chi connectivity index (χ1v) is 6.72. The van der Waals surface area contributed by atoms with Crippen molar-refractivity contribution in [3.63, 3.8) is 0 Å². The summed E-state index contributed by atoms with van der Waals surface area (Å²) in [5.74, 6) is 0.210. The topological polar surface area (TPSA) is 69.6 Å². The Morgan fingerprint density at radius 3 is 2.50 bits per heavy atom. The molecule has 2 N–H and O–H groups in total. The number of nitrogens with zero attached hydrogens (tertiary/aromatic N) is 1. The second-order valence-corrected chi connectivity index (χ2v) is 5.06. The average Bonchev–Trinajstić information content (AvgIpc) is 2.34. The van der Waals surface area contributed by atoms with Crippen LogP contribution < -0.4 is 5.32 Å². The van der Waals surface area contributed by atoms with Crippen molar-refractivity contribution in [3.8, 4) is 0 Å². The van der Waals surface area contributed by atoms with E-state index in [4.69, 9.17) is 5.11 Å². The number of hydrogen-bond donors (Lipinski definition) is 2. The van der Waals surface area contributed by atoms with Gasteiger partial charge in [0, 0.05) is 32.5 Å². The molecule has 1 aliphatic heterocycles. The molecule has 2 amide bonds. The molecule has 1 heterocycles. The van der Waals surface area contributed by atoms with Gasteiger partial charge in [-0.2, -0.15) is 0 Å². The van der Waals surface area contributed by atoms with Gasteiger partial charge in [0.15, 0.2) is 0 Å². The summed E-state index contributed by atoms with van der Waals surface area (Å²) in [5, 5.41) is 12.0. The van der Waals surface area contributed by atoms with Gasteiger partial charge in [0.05, 0.1) is 6.10 Å². The van der Waals surface area contributed by atoms with Crippen molar-refractivity contribution in [3.05, 3.63) is 0 Å². The van der Waals surface area contributed by atoms with Crippen molar-refractivity contribution in [1.82, 2.24) is 10.2 Å². The first-order valence-electron chi connectivity index (χ1n) is 6.72. The number of carbonyl (C=O) groups is 2. The van der Waals surface area contributed by atoms with Crippen LogP contribution >= 0.6 is 0 Å². The Kier molecular flexibility index (Phi) is 6.12. The number of aliphatic hydroxyl groups excluding tert-OH is 1. The molecule has 5 nitrogen and oxygen atoms in total. The first-order chi connectivity index (χ1) is 8.50. The van der Waals surface area contributed by atoms with Crippen molar-refractivity contribution in [2.24, 2.45) is 5.92 Å². The number of aliphatic hydroxyl groups is 1. The van der Waals surface area contributed by atoms with E-state index < -0.39 is 0 Å². The molecule has 5 heteroatoms. The van der Waals surface area contributed by atoms with Crippen LogP contribution in [0.3, 0.4) is 0 Å². The summed E-state index contributed by atoms with van der Waals surface area (Å²) in [6, 6.07) is 0. The standard InChI is InChI=1S/C13H24N2O3/c1-10(16)4-3-7-14-13(18)12-5-8-15(9-6-12)11(2)17/h10,12,16H,3-9H2,1-2H3,(H,14,18). The summed E-state index contributed by atoms with van der Waals surface area (Å²) in [6.07, 6.45) is 2.71. The second kappa shape index (κ2) is 7.36. The van der Waals surface area contributed by atoms with E-state index in [1.165, 1.54) is 0 Å².